The third-order valence-electron chi connectivity index (χ3n) is 0.985. The lowest BCUT2D eigenvalue weighted by Crippen LogP contribution is -1.91. The van der Waals surface area contributed by atoms with Crippen LogP contribution in [-0.4, -0.2) is 10.2 Å². The van der Waals surface area contributed by atoms with E-state index in [0.717, 1.165) is 0 Å². The Morgan fingerprint density at radius 2 is 2.00 bits per heavy atom. The molecular formula is C6H7O2. The molecule has 0 heterocycles. The summed E-state index contributed by atoms with van der Waals surface area (Å²) >= 11 is 0. The van der Waals surface area contributed by atoms with Gasteiger partial charge in [-0.05, 0) is 25.0 Å². The molecule has 0 saturated carbocycles. The van der Waals surface area contributed by atoms with Crippen LogP contribution in [0.2, 0.25) is 0 Å². The van der Waals surface area contributed by atoms with E-state index >= 15 is 0 Å². The Balaban J connectivity index is 2.73. The first-order valence-corrected chi connectivity index (χ1v) is 2.42. The molecule has 1 aliphatic rings. The molecule has 0 amide bonds. The summed E-state index contributed by atoms with van der Waals surface area (Å²) in [6, 6.07) is 0. The van der Waals surface area contributed by atoms with Gasteiger partial charge in [-0.1, -0.05) is 0 Å². The van der Waals surface area contributed by atoms with E-state index < -0.39 is 0 Å². The Hall–Kier alpha value is -0.920. The highest BCUT2D eigenvalue weighted by Gasteiger charge is 2.02. The van der Waals surface area contributed by atoms with Crippen molar-refractivity contribution in [2.45, 2.75) is 6.42 Å². The molecule has 8 heavy (non-hydrogen) atoms. The van der Waals surface area contributed by atoms with Crippen LogP contribution in [0.25, 0.3) is 0 Å². The lowest BCUT2D eigenvalue weighted by atomic mass is 10.1. The summed E-state index contributed by atoms with van der Waals surface area (Å²) in [7, 11) is 0. The van der Waals surface area contributed by atoms with E-state index in [1.807, 2.05) is 0 Å². The average Bonchev–Trinajstić information content (AvgIpc) is 1.77. The second kappa shape index (κ2) is 1.90. The number of hydrogen-bond donors (Lipinski definition) is 2. The third-order valence-corrected chi connectivity index (χ3v) is 0.985. The van der Waals surface area contributed by atoms with Crippen molar-refractivity contribution >= 4 is 0 Å². The fourth-order valence-electron chi connectivity index (χ4n) is 0.549. The lowest BCUT2D eigenvalue weighted by Gasteiger charge is -2.02. The highest BCUT2D eigenvalue weighted by Crippen LogP contribution is 2.11. The third kappa shape index (κ3) is 0.832. The summed E-state index contributed by atoms with van der Waals surface area (Å²) < 4.78 is 0. The molecule has 0 fully saturated rings. The molecule has 0 unspecified atom stereocenters. The number of hydrogen-bond acceptors (Lipinski definition) is 2. The fraction of sp³-hybridized carbons (Fsp3) is 0.167. The molecule has 2 nitrogen and oxygen atoms in total. The molecule has 0 aliphatic heterocycles. The normalized spacial score (nSPS) is 19.5. The van der Waals surface area contributed by atoms with Gasteiger partial charge in [-0.2, -0.15) is 0 Å². The standard InChI is InChI=1S/C6H7O2/c7-5-3-1-2-4-6(5)8/h1,3-4,7-8H,2H2. The molecule has 0 aromatic rings. The van der Waals surface area contributed by atoms with Crippen LogP contribution in [0.5, 0.6) is 0 Å². The first kappa shape index (κ1) is 5.22. The van der Waals surface area contributed by atoms with Gasteiger partial charge in [0.2, 0.25) is 0 Å². The molecule has 0 bridgehead atoms. The van der Waals surface area contributed by atoms with Gasteiger partial charge < -0.3 is 10.2 Å². The molecule has 43 valence electrons. The van der Waals surface area contributed by atoms with Crippen LogP contribution in [0.1, 0.15) is 6.42 Å². The summed E-state index contributed by atoms with van der Waals surface area (Å²) in [6.45, 7) is 0. The minimum absolute atomic E-state index is 0.0208. The van der Waals surface area contributed by atoms with E-state index in [1.54, 1.807) is 12.5 Å². The smallest absolute Gasteiger partial charge is 0.153 e. The largest absolute Gasteiger partial charge is 0.504 e. The quantitative estimate of drug-likeness (QED) is 0.497. The van der Waals surface area contributed by atoms with Crippen LogP contribution in [0, 0.1) is 6.42 Å². The van der Waals surface area contributed by atoms with Gasteiger partial charge in [0.1, 0.15) is 0 Å². The Kier molecular flexibility index (Phi) is 1.24. The molecular weight excluding hydrogens is 104 g/mol. The summed E-state index contributed by atoms with van der Waals surface area (Å²) in [4.78, 5) is 0. The van der Waals surface area contributed by atoms with E-state index in [9.17, 15) is 0 Å². The van der Waals surface area contributed by atoms with Crippen molar-refractivity contribution in [3.8, 4) is 0 Å². The van der Waals surface area contributed by atoms with Crippen molar-refractivity contribution in [3.05, 3.63) is 30.1 Å². The van der Waals surface area contributed by atoms with Crippen LogP contribution in [0.4, 0.5) is 0 Å². The molecule has 2 N–H and O–H groups in total. The first-order valence-electron chi connectivity index (χ1n) is 2.42. The minimum Gasteiger partial charge on any atom is -0.504 e. The van der Waals surface area contributed by atoms with Gasteiger partial charge in [-0.25, -0.2) is 0 Å². The van der Waals surface area contributed by atoms with E-state index in [1.165, 1.54) is 6.08 Å². The highest BCUT2D eigenvalue weighted by molar-refractivity contribution is 5.25. The topological polar surface area (TPSA) is 40.5 Å². The van der Waals surface area contributed by atoms with Crippen molar-refractivity contribution in [1.29, 1.82) is 0 Å². The second-order valence-electron chi connectivity index (χ2n) is 1.61. The predicted octanol–water partition coefficient (Wildman–Crippen LogP) is 1.48. The predicted molar refractivity (Wildman–Crippen MR) is 30.3 cm³/mol. The van der Waals surface area contributed by atoms with Crippen LogP contribution in [0.15, 0.2) is 23.7 Å². The molecule has 2 heteroatoms. The molecule has 0 atom stereocenters. The van der Waals surface area contributed by atoms with Crippen LogP contribution in [-0.2, 0) is 0 Å². The van der Waals surface area contributed by atoms with Crippen molar-refractivity contribution in [2.75, 3.05) is 0 Å². The zero-order valence-electron chi connectivity index (χ0n) is 4.33. The van der Waals surface area contributed by atoms with Crippen LogP contribution in [0.3, 0.4) is 0 Å². The van der Waals surface area contributed by atoms with Gasteiger partial charge in [0, 0.05) is 0 Å². The van der Waals surface area contributed by atoms with Crippen molar-refractivity contribution in [3.63, 3.8) is 0 Å². The maximum Gasteiger partial charge on any atom is 0.153 e. The zero-order valence-corrected chi connectivity index (χ0v) is 4.33. The molecule has 0 aromatic carbocycles. The minimum atomic E-state index is -0.0451. The van der Waals surface area contributed by atoms with Gasteiger partial charge in [0.05, 0.1) is 0 Å². The lowest BCUT2D eigenvalue weighted by molar-refractivity contribution is 0.322. The molecule has 1 radical (unpaired) electrons. The van der Waals surface area contributed by atoms with Crippen molar-refractivity contribution < 1.29 is 10.2 Å². The first-order chi connectivity index (χ1) is 3.80. The van der Waals surface area contributed by atoms with Gasteiger partial charge in [0.25, 0.3) is 0 Å². The maximum atomic E-state index is 8.70. The number of rotatable bonds is 0. The molecule has 0 spiro atoms. The Morgan fingerprint density at radius 1 is 1.25 bits per heavy atom. The summed E-state index contributed by atoms with van der Waals surface area (Å²) in [5.74, 6) is -0.0660. The van der Waals surface area contributed by atoms with E-state index in [0.29, 0.717) is 6.42 Å². The van der Waals surface area contributed by atoms with Gasteiger partial charge in [-0.15, -0.1) is 0 Å². The molecule has 1 aliphatic carbocycles. The maximum absolute atomic E-state index is 8.70. The monoisotopic (exact) mass is 111 g/mol. The second-order valence-corrected chi connectivity index (χ2v) is 1.61. The average molecular weight is 111 g/mol. The number of allylic oxidation sites excluding steroid dienone is 2. The zero-order chi connectivity index (χ0) is 5.98. The van der Waals surface area contributed by atoms with Crippen molar-refractivity contribution in [2.24, 2.45) is 0 Å². The highest BCUT2D eigenvalue weighted by atomic mass is 16.3. The summed E-state index contributed by atoms with van der Waals surface area (Å²) in [5.41, 5.74) is 0. The number of aliphatic hydroxyl groups excluding tert-OH is 2. The SMILES string of the molecule is OC1=C[CH]CC=C1O. The van der Waals surface area contributed by atoms with Crippen LogP contribution >= 0.6 is 0 Å². The van der Waals surface area contributed by atoms with E-state index in [2.05, 4.69) is 0 Å². The van der Waals surface area contributed by atoms with E-state index in [4.69, 9.17) is 10.2 Å². The Bertz CT molecular complexity index is 127. The Morgan fingerprint density at radius 3 is 2.38 bits per heavy atom. The molecule has 1 rings (SSSR count). The van der Waals surface area contributed by atoms with Gasteiger partial charge in [0.15, 0.2) is 11.5 Å². The summed E-state index contributed by atoms with van der Waals surface area (Å²) in [6.07, 6.45) is 5.51. The van der Waals surface area contributed by atoms with Crippen LogP contribution < -0.4 is 0 Å². The number of aliphatic hydroxyl groups is 2. The van der Waals surface area contributed by atoms with Crippen molar-refractivity contribution in [1.82, 2.24) is 0 Å². The Labute approximate surface area is 47.8 Å². The van der Waals surface area contributed by atoms with E-state index in [-0.39, 0.29) is 11.5 Å². The molecule has 0 aromatic heterocycles. The van der Waals surface area contributed by atoms with Gasteiger partial charge in [-0.3, -0.25) is 0 Å². The summed E-state index contributed by atoms with van der Waals surface area (Å²) in [5, 5.41) is 17.4. The fourth-order valence-corrected chi connectivity index (χ4v) is 0.549. The molecule has 0 saturated heterocycles. The van der Waals surface area contributed by atoms with Gasteiger partial charge >= 0.3 is 0 Å².